The van der Waals surface area contributed by atoms with Crippen molar-refractivity contribution in [2.45, 2.75) is 6.92 Å². The molecular formula is C17H16O6. The van der Waals surface area contributed by atoms with Gasteiger partial charge in [0.15, 0.2) is 0 Å². The Morgan fingerprint density at radius 2 is 1.70 bits per heavy atom. The van der Waals surface area contributed by atoms with E-state index in [-0.39, 0.29) is 22.5 Å². The van der Waals surface area contributed by atoms with E-state index in [2.05, 4.69) is 0 Å². The Balaban J connectivity index is 0.000000203. The fourth-order valence-electron chi connectivity index (χ4n) is 1.94. The van der Waals surface area contributed by atoms with E-state index in [4.69, 9.17) is 9.15 Å². The lowest BCUT2D eigenvalue weighted by Crippen LogP contribution is -2.02. The number of phenolic OH excluding ortho intramolecular Hbond substituents is 2. The average molecular weight is 316 g/mol. The molecule has 23 heavy (non-hydrogen) atoms. The van der Waals surface area contributed by atoms with Gasteiger partial charge in [-0.15, -0.1) is 0 Å². The third kappa shape index (κ3) is 3.55. The van der Waals surface area contributed by atoms with E-state index in [9.17, 15) is 20.1 Å². The molecule has 0 fully saturated rings. The minimum Gasteiger partial charge on any atom is -0.508 e. The van der Waals surface area contributed by atoms with Crippen LogP contribution in [0.25, 0.3) is 11.0 Å². The van der Waals surface area contributed by atoms with E-state index in [1.54, 1.807) is 7.11 Å². The molecule has 3 aromatic rings. The number of para-hydroxylation sites is 1. The lowest BCUT2D eigenvalue weighted by Gasteiger charge is -2.03. The van der Waals surface area contributed by atoms with Gasteiger partial charge in [0.05, 0.1) is 7.11 Å². The molecule has 2 aromatic carbocycles. The first-order chi connectivity index (χ1) is 10.9. The number of hydrogen-bond donors (Lipinski definition) is 3. The molecule has 6 nitrogen and oxygen atoms in total. The van der Waals surface area contributed by atoms with E-state index >= 15 is 0 Å². The monoisotopic (exact) mass is 316 g/mol. The van der Waals surface area contributed by atoms with E-state index in [1.807, 2.05) is 30.3 Å². The SMILES string of the molecule is COc1ccccc1.Cc1oc2cc(O)cc(O)c2c(=O)c1O. The average Bonchev–Trinajstić information content (AvgIpc) is 2.53. The third-order valence-electron chi connectivity index (χ3n) is 3.08. The molecule has 0 saturated heterocycles. The number of aromatic hydroxyl groups is 3. The van der Waals surface area contributed by atoms with Crippen molar-refractivity contribution in [1.29, 1.82) is 0 Å². The van der Waals surface area contributed by atoms with Crippen LogP contribution in [-0.2, 0) is 0 Å². The van der Waals surface area contributed by atoms with Crippen molar-refractivity contribution in [1.82, 2.24) is 0 Å². The first-order valence-electron chi connectivity index (χ1n) is 6.71. The molecule has 3 rings (SSSR count). The molecule has 3 N–H and O–H groups in total. The number of phenols is 2. The standard InChI is InChI=1S/C10H8O5.C7H8O/c1-4-9(13)10(14)8-6(12)2-5(11)3-7(8)15-4;1-8-7-5-3-2-4-6-7/h2-3,11-13H,1H3;2-6H,1H3. The largest absolute Gasteiger partial charge is 0.508 e. The summed E-state index contributed by atoms with van der Waals surface area (Å²) in [5, 5.41) is 27.8. The molecule has 0 unspecified atom stereocenters. The van der Waals surface area contributed by atoms with Gasteiger partial charge < -0.3 is 24.5 Å². The van der Waals surface area contributed by atoms with Crippen LogP contribution in [0.2, 0.25) is 0 Å². The number of fused-ring (bicyclic) bond motifs is 1. The number of methoxy groups -OCH3 is 1. The van der Waals surface area contributed by atoms with Crippen molar-refractivity contribution in [3.8, 4) is 23.0 Å². The van der Waals surface area contributed by atoms with Gasteiger partial charge in [-0.05, 0) is 19.1 Å². The summed E-state index contributed by atoms with van der Waals surface area (Å²) in [6.07, 6.45) is 0. The highest BCUT2D eigenvalue weighted by molar-refractivity contribution is 5.85. The summed E-state index contributed by atoms with van der Waals surface area (Å²) in [6, 6.07) is 11.9. The van der Waals surface area contributed by atoms with Crippen molar-refractivity contribution in [3.63, 3.8) is 0 Å². The van der Waals surface area contributed by atoms with Crippen LogP contribution in [0.4, 0.5) is 0 Å². The first-order valence-corrected chi connectivity index (χ1v) is 6.71. The van der Waals surface area contributed by atoms with Crippen LogP contribution in [0.5, 0.6) is 23.0 Å². The second-order valence-corrected chi connectivity index (χ2v) is 4.69. The number of benzene rings is 2. The quantitative estimate of drug-likeness (QED) is 0.638. The van der Waals surface area contributed by atoms with Crippen LogP contribution in [0.15, 0.2) is 51.7 Å². The smallest absolute Gasteiger partial charge is 0.238 e. The molecule has 0 aliphatic rings. The van der Waals surface area contributed by atoms with Gasteiger partial charge in [0.1, 0.15) is 34.0 Å². The summed E-state index contributed by atoms with van der Waals surface area (Å²) in [7, 11) is 1.66. The fraction of sp³-hybridized carbons (Fsp3) is 0.118. The van der Waals surface area contributed by atoms with Crippen LogP contribution in [0.1, 0.15) is 5.76 Å². The number of aryl methyl sites for hydroxylation is 1. The molecule has 0 saturated carbocycles. The number of rotatable bonds is 1. The molecule has 1 aromatic heterocycles. The van der Waals surface area contributed by atoms with Crippen LogP contribution >= 0.6 is 0 Å². The summed E-state index contributed by atoms with van der Waals surface area (Å²) in [5.74, 6) is -0.226. The number of ether oxygens (including phenoxy) is 1. The predicted molar refractivity (Wildman–Crippen MR) is 85.2 cm³/mol. The van der Waals surface area contributed by atoms with Crippen LogP contribution < -0.4 is 10.2 Å². The van der Waals surface area contributed by atoms with Crippen LogP contribution in [0.3, 0.4) is 0 Å². The van der Waals surface area contributed by atoms with Crippen LogP contribution in [-0.4, -0.2) is 22.4 Å². The van der Waals surface area contributed by atoms with Gasteiger partial charge >= 0.3 is 0 Å². The molecule has 0 aliphatic heterocycles. The summed E-state index contributed by atoms with van der Waals surface area (Å²) in [6.45, 7) is 1.41. The van der Waals surface area contributed by atoms with E-state index < -0.39 is 16.9 Å². The van der Waals surface area contributed by atoms with Crippen molar-refractivity contribution < 1.29 is 24.5 Å². The highest BCUT2D eigenvalue weighted by atomic mass is 16.5. The molecule has 0 bridgehead atoms. The summed E-state index contributed by atoms with van der Waals surface area (Å²) < 4.78 is 9.98. The lowest BCUT2D eigenvalue weighted by atomic mass is 10.2. The maximum atomic E-state index is 11.5. The van der Waals surface area contributed by atoms with Gasteiger partial charge in [-0.1, -0.05) is 18.2 Å². The minimum atomic E-state index is -0.716. The summed E-state index contributed by atoms with van der Waals surface area (Å²) in [4.78, 5) is 11.5. The highest BCUT2D eigenvalue weighted by Gasteiger charge is 2.14. The van der Waals surface area contributed by atoms with E-state index in [1.165, 1.54) is 13.0 Å². The third-order valence-corrected chi connectivity index (χ3v) is 3.08. The first kappa shape index (κ1) is 16.2. The minimum absolute atomic E-state index is 0.0350. The molecule has 0 amide bonds. The Labute approximate surface area is 131 Å². The Bertz CT molecular complexity index is 868. The molecule has 0 atom stereocenters. The van der Waals surface area contributed by atoms with Gasteiger partial charge in [0, 0.05) is 12.1 Å². The van der Waals surface area contributed by atoms with Gasteiger partial charge in [0.2, 0.25) is 11.2 Å². The molecule has 6 heteroatoms. The molecule has 120 valence electrons. The Hall–Kier alpha value is -3.15. The molecule has 0 radical (unpaired) electrons. The highest BCUT2D eigenvalue weighted by Crippen LogP contribution is 2.29. The Morgan fingerprint density at radius 3 is 2.26 bits per heavy atom. The van der Waals surface area contributed by atoms with Crippen molar-refractivity contribution in [2.75, 3.05) is 7.11 Å². The lowest BCUT2D eigenvalue weighted by molar-refractivity contribution is 0.415. The normalized spacial score (nSPS) is 10.0. The Kier molecular flexibility index (Phi) is 4.75. The number of hydrogen-bond acceptors (Lipinski definition) is 6. The summed E-state index contributed by atoms with van der Waals surface area (Å²) >= 11 is 0. The van der Waals surface area contributed by atoms with Crippen molar-refractivity contribution in [2.24, 2.45) is 0 Å². The zero-order valence-electron chi connectivity index (χ0n) is 12.6. The van der Waals surface area contributed by atoms with Gasteiger partial charge in [-0.25, -0.2) is 0 Å². The molecule has 1 heterocycles. The molecule has 0 spiro atoms. The predicted octanol–water partition coefficient (Wildman–Crippen LogP) is 2.91. The van der Waals surface area contributed by atoms with Gasteiger partial charge in [0.25, 0.3) is 0 Å². The molecular weight excluding hydrogens is 300 g/mol. The van der Waals surface area contributed by atoms with E-state index in [0.717, 1.165) is 11.8 Å². The maximum absolute atomic E-state index is 11.5. The molecule has 0 aliphatic carbocycles. The van der Waals surface area contributed by atoms with E-state index in [0.29, 0.717) is 0 Å². The van der Waals surface area contributed by atoms with Gasteiger partial charge in [-0.2, -0.15) is 0 Å². The zero-order chi connectivity index (χ0) is 17.0. The van der Waals surface area contributed by atoms with Crippen LogP contribution in [0, 0.1) is 6.92 Å². The van der Waals surface area contributed by atoms with Crippen molar-refractivity contribution in [3.05, 3.63) is 58.4 Å². The topological polar surface area (TPSA) is 100 Å². The fourth-order valence-corrected chi connectivity index (χ4v) is 1.94. The summed E-state index contributed by atoms with van der Waals surface area (Å²) in [5.41, 5.74) is -0.681. The van der Waals surface area contributed by atoms with Gasteiger partial charge in [-0.3, -0.25) is 4.79 Å². The Morgan fingerprint density at radius 1 is 1.04 bits per heavy atom. The second kappa shape index (κ2) is 6.74. The maximum Gasteiger partial charge on any atom is 0.238 e. The van der Waals surface area contributed by atoms with Crippen molar-refractivity contribution >= 4 is 11.0 Å². The second-order valence-electron chi connectivity index (χ2n) is 4.69. The zero-order valence-corrected chi connectivity index (χ0v) is 12.6.